The van der Waals surface area contributed by atoms with Crippen LogP contribution in [-0.2, 0) is 0 Å². The quantitative estimate of drug-likeness (QED) is 0.666. The third-order valence-corrected chi connectivity index (χ3v) is 3.38. The van der Waals surface area contributed by atoms with Crippen molar-refractivity contribution in [2.75, 3.05) is 13.1 Å². The number of hydrogen-bond donors (Lipinski definition) is 1. The van der Waals surface area contributed by atoms with Crippen LogP contribution in [0.15, 0.2) is 24.3 Å². The van der Waals surface area contributed by atoms with E-state index in [1.165, 1.54) is 5.56 Å². The summed E-state index contributed by atoms with van der Waals surface area (Å²) in [7, 11) is 0. The molecule has 20 heavy (non-hydrogen) atoms. The molecule has 1 rings (SSSR count). The molecule has 0 aromatic heterocycles. The van der Waals surface area contributed by atoms with Gasteiger partial charge in [0.25, 0.3) is 0 Å². The van der Waals surface area contributed by atoms with Gasteiger partial charge in [-0.05, 0) is 62.4 Å². The van der Waals surface area contributed by atoms with Crippen LogP contribution in [0.5, 0.6) is 5.75 Å². The van der Waals surface area contributed by atoms with Crippen molar-refractivity contribution in [1.29, 1.82) is 0 Å². The highest BCUT2D eigenvalue weighted by molar-refractivity contribution is 5.30. The summed E-state index contributed by atoms with van der Waals surface area (Å²) in [6.45, 7) is 13.2. The van der Waals surface area contributed by atoms with Crippen molar-refractivity contribution < 1.29 is 4.74 Å². The summed E-state index contributed by atoms with van der Waals surface area (Å²) in [6.07, 6.45) is 2.53. The minimum Gasteiger partial charge on any atom is -0.491 e. The van der Waals surface area contributed by atoms with Crippen molar-refractivity contribution in [2.45, 2.75) is 59.5 Å². The molecule has 1 aromatic carbocycles. The lowest BCUT2D eigenvalue weighted by molar-refractivity contribution is 0.207. The summed E-state index contributed by atoms with van der Waals surface area (Å²) < 4.78 is 6.01. The van der Waals surface area contributed by atoms with Gasteiger partial charge in [-0.1, -0.05) is 39.8 Å². The van der Waals surface area contributed by atoms with Crippen LogP contribution in [0.3, 0.4) is 0 Å². The van der Waals surface area contributed by atoms with E-state index in [2.05, 4.69) is 64.2 Å². The molecule has 0 bridgehead atoms. The molecule has 0 aliphatic rings. The van der Waals surface area contributed by atoms with E-state index in [4.69, 9.17) is 4.74 Å². The van der Waals surface area contributed by atoms with E-state index >= 15 is 0 Å². The molecular weight excluding hydrogens is 246 g/mol. The Morgan fingerprint density at radius 2 is 1.85 bits per heavy atom. The summed E-state index contributed by atoms with van der Waals surface area (Å²) in [5.74, 6) is 2.27. The Hall–Kier alpha value is -1.02. The SMILES string of the molecule is CC(C)CNCCCC(C)Oc1cccc(C(C)C)c1. The van der Waals surface area contributed by atoms with Gasteiger partial charge in [0, 0.05) is 0 Å². The van der Waals surface area contributed by atoms with Crippen LogP contribution in [0.2, 0.25) is 0 Å². The van der Waals surface area contributed by atoms with Gasteiger partial charge in [0.15, 0.2) is 0 Å². The number of hydrogen-bond acceptors (Lipinski definition) is 2. The van der Waals surface area contributed by atoms with Gasteiger partial charge < -0.3 is 10.1 Å². The Labute approximate surface area is 124 Å². The van der Waals surface area contributed by atoms with E-state index in [0.717, 1.165) is 37.6 Å². The Balaban J connectivity index is 2.28. The van der Waals surface area contributed by atoms with Crippen molar-refractivity contribution in [3.8, 4) is 5.75 Å². The fourth-order valence-electron chi connectivity index (χ4n) is 2.14. The maximum atomic E-state index is 6.01. The topological polar surface area (TPSA) is 21.3 Å². The molecule has 2 heteroatoms. The molecule has 0 spiro atoms. The molecule has 1 atom stereocenters. The van der Waals surface area contributed by atoms with Crippen molar-refractivity contribution in [1.82, 2.24) is 5.32 Å². The first-order chi connectivity index (χ1) is 9.49. The Morgan fingerprint density at radius 1 is 1.10 bits per heavy atom. The molecule has 114 valence electrons. The third kappa shape index (κ3) is 6.95. The molecule has 1 N–H and O–H groups in total. The fourth-order valence-corrected chi connectivity index (χ4v) is 2.14. The van der Waals surface area contributed by atoms with E-state index < -0.39 is 0 Å². The van der Waals surface area contributed by atoms with Gasteiger partial charge in [-0.15, -0.1) is 0 Å². The van der Waals surface area contributed by atoms with E-state index in [1.807, 2.05) is 0 Å². The van der Waals surface area contributed by atoms with Crippen molar-refractivity contribution >= 4 is 0 Å². The van der Waals surface area contributed by atoms with Gasteiger partial charge in [-0.25, -0.2) is 0 Å². The molecule has 0 aliphatic carbocycles. The van der Waals surface area contributed by atoms with E-state index in [1.54, 1.807) is 0 Å². The number of rotatable bonds is 9. The second-order valence-corrected chi connectivity index (χ2v) is 6.40. The molecule has 0 radical (unpaired) electrons. The van der Waals surface area contributed by atoms with Crippen LogP contribution in [0, 0.1) is 5.92 Å². The lowest BCUT2D eigenvalue weighted by Gasteiger charge is -2.16. The van der Waals surface area contributed by atoms with Gasteiger partial charge in [0.2, 0.25) is 0 Å². The maximum absolute atomic E-state index is 6.01. The molecule has 1 unspecified atom stereocenters. The second kappa shape index (κ2) is 9.02. The summed E-state index contributed by atoms with van der Waals surface area (Å²) >= 11 is 0. The van der Waals surface area contributed by atoms with Gasteiger partial charge in [-0.2, -0.15) is 0 Å². The molecule has 0 fully saturated rings. The van der Waals surface area contributed by atoms with Gasteiger partial charge >= 0.3 is 0 Å². The van der Waals surface area contributed by atoms with E-state index in [-0.39, 0.29) is 6.10 Å². The molecule has 1 aromatic rings. The van der Waals surface area contributed by atoms with Crippen molar-refractivity contribution in [3.05, 3.63) is 29.8 Å². The first-order valence-electron chi connectivity index (χ1n) is 7.96. The smallest absolute Gasteiger partial charge is 0.119 e. The van der Waals surface area contributed by atoms with Crippen LogP contribution in [-0.4, -0.2) is 19.2 Å². The Bertz CT molecular complexity index is 373. The lowest BCUT2D eigenvalue weighted by Crippen LogP contribution is -2.22. The minimum atomic E-state index is 0.276. The average molecular weight is 277 g/mol. The van der Waals surface area contributed by atoms with Crippen molar-refractivity contribution in [3.63, 3.8) is 0 Å². The van der Waals surface area contributed by atoms with E-state index in [9.17, 15) is 0 Å². The first-order valence-corrected chi connectivity index (χ1v) is 7.96. The normalized spacial score (nSPS) is 12.9. The minimum absolute atomic E-state index is 0.276. The molecule has 2 nitrogen and oxygen atoms in total. The highest BCUT2D eigenvalue weighted by Gasteiger charge is 2.06. The largest absolute Gasteiger partial charge is 0.491 e. The standard InChI is InChI=1S/C18H31NO/c1-14(2)13-19-11-7-8-16(5)20-18-10-6-9-17(12-18)15(3)4/h6,9-10,12,14-16,19H,7-8,11,13H2,1-5H3. The maximum Gasteiger partial charge on any atom is 0.119 e. The van der Waals surface area contributed by atoms with E-state index in [0.29, 0.717) is 5.92 Å². The van der Waals surface area contributed by atoms with Crippen molar-refractivity contribution in [2.24, 2.45) is 5.92 Å². The zero-order chi connectivity index (χ0) is 15.0. The average Bonchev–Trinajstić information content (AvgIpc) is 2.38. The fraction of sp³-hybridized carbons (Fsp3) is 0.667. The molecule has 0 saturated heterocycles. The van der Waals surface area contributed by atoms with Crippen LogP contribution < -0.4 is 10.1 Å². The number of nitrogens with one attached hydrogen (secondary N) is 1. The van der Waals surface area contributed by atoms with Gasteiger partial charge in [-0.3, -0.25) is 0 Å². The highest BCUT2D eigenvalue weighted by atomic mass is 16.5. The molecule has 0 heterocycles. The summed E-state index contributed by atoms with van der Waals surface area (Å²) in [5.41, 5.74) is 1.34. The monoisotopic (exact) mass is 277 g/mol. The van der Waals surface area contributed by atoms with Crippen LogP contribution in [0.1, 0.15) is 58.9 Å². The van der Waals surface area contributed by atoms with Crippen LogP contribution in [0.4, 0.5) is 0 Å². The van der Waals surface area contributed by atoms with Crippen LogP contribution in [0.25, 0.3) is 0 Å². The zero-order valence-corrected chi connectivity index (χ0v) is 13.8. The summed E-state index contributed by atoms with van der Waals surface area (Å²) in [6, 6.07) is 8.47. The number of benzene rings is 1. The third-order valence-electron chi connectivity index (χ3n) is 3.38. The Morgan fingerprint density at radius 3 is 2.50 bits per heavy atom. The molecule has 0 amide bonds. The summed E-state index contributed by atoms with van der Waals surface area (Å²) in [5, 5.41) is 3.47. The Kier molecular flexibility index (Phi) is 7.68. The van der Waals surface area contributed by atoms with Gasteiger partial charge in [0.05, 0.1) is 6.10 Å². The number of ether oxygens (including phenoxy) is 1. The highest BCUT2D eigenvalue weighted by Crippen LogP contribution is 2.21. The molecule has 0 saturated carbocycles. The predicted octanol–water partition coefficient (Wildman–Crippen LogP) is 4.60. The lowest BCUT2D eigenvalue weighted by atomic mass is 10.0. The second-order valence-electron chi connectivity index (χ2n) is 6.40. The molecule has 0 aliphatic heterocycles. The predicted molar refractivity (Wildman–Crippen MR) is 87.6 cm³/mol. The zero-order valence-electron chi connectivity index (χ0n) is 13.8. The summed E-state index contributed by atoms with van der Waals surface area (Å²) in [4.78, 5) is 0. The first kappa shape index (κ1) is 17.0. The van der Waals surface area contributed by atoms with Crippen LogP contribution >= 0.6 is 0 Å². The van der Waals surface area contributed by atoms with Gasteiger partial charge in [0.1, 0.15) is 5.75 Å². The molecular formula is C18H31NO.